The Bertz CT molecular complexity index is 1360. The molecule has 6 atom stereocenters. The molecule has 1 saturated heterocycles. The molecule has 2 aliphatic carbocycles. The van der Waals surface area contributed by atoms with E-state index >= 15 is 0 Å². The lowest BCUT2D eigenvalue weighted by atomic mass is 9.71. The molecular weight excluding hydrogens is 521 g/mol. The number of anilines is 1. The molecule has 1 aromatic heterocycles. The van der Waals surface area contributed by atoms with Crippen molar-refractivity contribution < 1.29 is 22.3 Å². The normalized spacial score (nSPS) is 32.2. The van der Waals surface area contributed by atoms with Gasteiger partial charge in [-0.25, -0.2) is 27.6 Å². The van der Waals surface area contributed by atoms with Crippen LogP contribution in [0.2, 0.25) is 0 Å². The van der Waals surface area contributed by atoms with Gasteiger partial charge in [-0.1, -0.05) is 19.1 Å². The second kappa shape index (κ2) is 10.7. The molecule has 1 N–H and O–H groups in total. The molecule has 39 heavy (non-hydrogen) atoms. The number of nitrogens with one attached hydrogen (secondary N) is 1. The summed E-state index contributed by atoms with van der Waals surface area (Å²) in [6.07, 6.45) is 5.53. The number of hydrogen-bond donors (Lipinski definition) is 1. The Kier molecular flexibility index (Phi) is 7.32. The van der Waals surface area contributed by atoms with Crippen molar-refractivity contribution in [3.63, 3.8) is 0 Å². The van der Waals surface area contributed by atoms with Crippen LogP contribution in [0, 0.1) is 17.8 Å². The van der Waals surface area contributed by atoms with Gasteiger partial charge in [0.15, 0.2) is 0 Å². The predicted octanol–water partition coefficient (Wildman–Crippen LogP) is 3.48. The van der Waals surface area contributed by atoms with E-state index in [9.17, 15) is 17.6 Å². The van der Waals surface area contributed by atoms with E-state index in [4.69, 9.17) is 14.7 Å². The molecule has 3 fully saturated rings. The van der Waals surface area contributed by atoms with Gasteiger partial charge < -0.3 is 10.1 Å². The number of piperazine rings is 1. The summed E-state index contributed by atoms with van der Waals surface area (Å²) in [5.74, 6) is 1.47. The number of rotatable bonds is 6. The van der Waals surface area contributed by atoms with E-state index in [1.807, 2.05) is 37.3 Å². The minimum absolute atomic E-state index is 0.0604. The average molecular weight is 558 g/mol. The molecule has 0 bridgehead atoms. The number of benzene rings is 1. The van der Waals surface area contributed by atoms with Gasteiger partial charge in [-0.15, -0.1) is 0 Å². The van der Waals surface area contributed by atoms with Gasteiger partial charge in [-0.3, -0.25) is 4.90 Å². The number of hydrogen-bond acceptors (Lipinski definition) is 8. The zero-order chi connectivity index (χ0) is 27.1. The van der Waals surface area contributed by atoms with Crippen molar-refractivity contribution in [1.29, 1.82) is 0 Å². The lowest BCUT2D eigenvalue weighted by molar-refractivity contribution is -0.140. The molecule has 5 unspecified atom stereocenters. The zero-order valence-electron chi connectivity index (χ0n) is 22.2. The summed E-state index contributed by atoms with van der Waals surface area (Å²) < 4.78 is 48.2. The fraction of sp³-hybridized carbons (Fsp3) is 0.607. The van der Waals surface area contributed by atoms with Gasteiger partial charge in [0.2, 0.25) is 10.0 Å². The van der Waals surface area contributed by atoms with Crippen molar-refractivity contribution in [3.8, 4) is 0 Å². The van der Waals surface area contributed by atoms with Crippen LogP contribution in [0.1, 0.15) is 44.9 Å². The van der Waals surface area contributed by atoms with Crippen LogP contribution in [0.4, 0.5) is 10.2 Å². The first-order valence-corrected chi connectivity index (χ1v) is 15.5. The van der Waals surface area contributed by atoms with E-state index in [1.165, 1.54) is 6.26 Å². The minimum atomic E-state index is -3.55. The molecule has 4 aliphatic rings. The van der Waals surface area contributed by atoms with Crippen LogP contribution in [0.25, 0.3) is 10.9 Å². The maximum Gasteiger partial charge on any atom is 0.334 e. The Morgan fingerprint density at radius 2 is 1.79 bits per heavy atom. The number of cyclic esters (lactones) is 1. The van der Waals surface area contributed by atoms with E-state index in [0.717, 1.165) is 23.7 Å². The van der Waals surface area contributed by atoms with Gasteiger partial charge in [0, 0.05) is 37.5 Å². The van der Waals surface area contributed by atoms with Crippen molar-refractivity contribution in [1.82, 2.24) is 19.2 Å². The second-order valence-electron chi connectivity index (χ2n) is 11.5. The van der Waals surface area contributed by atoms with Gasteiger partial charge >= 0.3 is 5.97 Å². The molecule has 2 saturated carbocycles. The number of para-hydroxylation sites is 1. The third-order valence-electron chi connectivity index (χ3n) is 8.98. The lowest BCUT2D eigenvalue weighted by Gasteiger charge is -2.38. The Labute approximate surface area is 228 Å². The van der Waals surface area contributed by atoms with Gasteiger partial charge in [0.05, 0.1) is 23.6 Å². The van der Waals surface area contributed by atoms with Crippen LogP contribution in [0.3, 0.4) is 0 Å². The van der Waals surface area contributed by atoms with Crippen LogP contribution in [0.5, 0.6) is 0 Å². The van der Waals surface area contributed by atoms with Gasteiger partial charge in [0.25, 0.3) is 0 Å². The molecule has 210 valence electrons. The maximum absolute atomic E-state index is 14.5. The third kappa shape index (κ3) is 5.40. The van der Waals surface area contributed by atoms with Crippen LogP contribution in [-0.2, 0) is 26.1 Å². The van der Waals surface area contributed by atoms with Crippen LogP contribution in [0.15, 0.2) is 36.6 Å². The van der Waals surface area contributed by atoms with Gasteiger partial charge in [0.1, 0.15) is 23.9 Å². The van der Waals surface area contributed by atoms with E-state index in [0.29, 0.717) is 69.0 Å². The lowest BCUT2D eigenvalue weighted by Crippen LogP contribution is -2.51. The standard InChI is InChI=1S/C28H36FN5O4S/c1-18-8-13-38-28(35)26(18)32-27-23-4-2-3-5-24(23)30-25(31-27)17-33-9-11-34(12-10-33)39(36,37)22-15-20-7-6-19(20)14-21(29)16-22/h2-5,8,13,18-22,26H,6-7,9-12,14-17H2,1H3,(H,30,31,32)/t18?,19?,20?,21?,22?,26-/m0/s1. The summed E-state index contributed by atoms with van der Waals surface area (Å²) in [7, 11) is -3.55. The van der Waals surface area contributed by atoms with E-state index in [-0.39, 0.29) is 18.3 Å². The SMILES string of the molecule is CC1C=COC(=O)[C@H]1Nc1nc(CN2CCN(S(=O)(=O)C3CC(F)CC4CCC4C3)CC2)nc2ccccc12. The molecular formula is C28H36FN5O4S. The largest absolute Gasteiger partial charge is 0.433 e. The fourth-order valence-corrected chi connectivity index (χ4v) is 8.51. The Hall–Kier alpha value is -2.63. The van der Waals surface area contributed by atoms with Crippen molar-refractivity contribution in [3.05, 3.63) is 42.4 Å². The zero-order valence-corrected chi connectivity index (χ0v) is 23.0. The molecule has 0 radical (unpaired) electrons. The van der Waals surface area contributed by atoms with E-state index < -0.39 is 27.5 Å². The summed E-state index contributed by atoms with van der Waals surface area (Å²) in [5, 5.41) is 3.47. The number of fused-ring (bicyclic) bond motifs is 2. The quantitative estimate of drug-likeness (QED) is 0.539. The van der Waals surface area contributed by atoms with Crippen molar-refractivity contribution in [2.24, 2.45) is 17.8 Å². The number of carbonyl (C=O) groups excluding carboxylic acids is 1. The number of halogens is 1. The number of esters is 1. The molecule has 1 aromatic carbocycles. The molecule has 2 aromatic rings. The Morgan fingerprint density at radius 1 is 1.05 bits per heavy atom. The minimum Gasteiger partial charge on any atom is -0.433 e. The summed E-state index contributed by atoms with van der Waals surface area (Å²) in [6.45, 7) is 4.25. The fourth-order valence-electron chi connectivity index (χ4n) is 6.47. The number of nitrogens with zero attached hydrogens (tertiary/aromatic N) is 4. The van der Waals surface area contributed by atoms with E-state index in [1.54, 1.807) is 4.31 Å². The molecule has 2 aliphatic heterocycles. The number of carbonyl (C=O) groups is 1. The van der Waals surface area contributed by atoms with Crippen molar-refractivity contribution in [2.45, 2.75) is 63.0 Å². The third-order valence-corrected chi connectivity index (χ3v) is 11.3. The summed E-state index contributed by atoms with van der Waals surface area (Å²) in [4.78, 5) is 24.0. The monoisotopic (exact) mass is 557 g/mol. The second-order valence-corrected chi connectivity index (χ2v) is 13.7. The Balaban J connectivity index is 1.14. The smallest absolute Gasteiger partial charge is 0.334 e. The van der Waals surface area contributed by atoms with Crippen molar-refractivity contribution in [2.75, 3.05) is 31.5 Å². The topological polar surface area (TPSA) is 105 Å². The highest BCUT2D eigenvalue weighted by molar-refractivity contribution is 7.89. The highest BCUT2D eigenvalue weighted by Crippen LogP contribution is 2.46. The molecule has 9 nitrogen and oxygen atoms in total. The highest BCUT2D eigenvalue weighted by Gasteiger charge is 2.44. The number of aromatic nitrogens is 2. The molecule has 6 rings (SSSR count). The number of sulfonamides is 1. The number of ether oxygens (including phenoxy) is 1. The molecule has 11 heteroatoms. The Morgan fingerprint density at radius 3 is 2.54 bits per heavy atom. The summed E-state index contributed by atoms with van der Waals surface area (Å²) in [6, 6.07) is 7.09. The molecule has 3 heterocycles. The molecule has 0 spiro atoms. The van der Waals surface area contributed by atoms with Crippen LogP contribution >= 0.6 is 0 Å². The van der Waals surface area contributed by atoms with Crippen LogP contribution in [-0.4, -0.2) is 77.2 Å². The van der Waals surface area contributed by atoms with Gasteiger partial charge in [-0.2, -0.15) is 4.31 Å². The summed E-state index contributed by atoms with van der Waals surface area (Å²) >= 11 is 0. The van der Waals surface area contributed by atoms with E-state index in [2.05, 4.69) is 10.2 Å². The highest BCUT2D eigenvalue weighted by atomic mass is 32.2. The summed E-state index contributed by atoms with van der Waals surface area (Å²) in [5.41, 5.74) is 0.766. The van der Waals surface area contributed by atoms with Gasteiger partial charge in [-0.05, 0) is 62.1 Å². The first kappa shape index (κ1) is 26.6. The maximum atomic E-state index is 14.5. The number of alkyl halides is 1. The first-order valence-electron chi connectivity index (χ1n) is 14.0. The average Bonchev–Trinajstić information content (AvgIpc) is 3.02. The predicted molar refractivity (Wildman–Crippen MR) is 146 cm³/mol. The van der Waals surface area contributed by atoms with Crippen molar-refractivity contribution >= 4 is 32.7 Å². The van der Waals surface area contributed by atoms with Crippen LogP contribution < -0.4 is 5.32 Å². The molecule has 0 amide bonds. The first-order chi connectivity index (χ1) is 18.8.